The van der Waals surface area contributed by atoms with Crippen LogP contribution in [-0.4, -0.2) is 6.04 Å². The normalized spacial score (nSPS) is 29.2. The smallest absolute Gasteiger partial charge is 0.120 e. The maximum atomic E-state index is 5.70. The minimum Gasteiger partial charge on any atom is -0.465 e. The third-order valence-corrected chi connectivity index (χ3v) is 4.35. The summed E-state index contributed by atoms with van der Waals surface area (Å²) >= 11 is 0. The van der Waals surface area contributed by atoms with Gasteiger partial charge in [0, 0.05) is 6.04 Å². The van der Waals surface area contributed by atoms with E-state index in [0.717, 1.165) is 17.4 Å². The second-order valence-electron chi connectivity index (χ2n) is 6.83. The first-order chi connectivity index (χ1) is 8.37. The van der Waals surface area contributed by atoms with Crippen molar-refractivity contribution in [1.82, 2.24) is 5.32 Å². The Labute approximate surface area is 111 Å². The Hall–Kier alpha value is -0.760. The molecule has 1 fully saturated rings. The second-order valence-corrected chi connectivity index (χ2v) is 6.83. The van der Waals surface area contributed by atoms with Gasteiger partial charge in [0.1, 0.15) is 11.5 Å². The summed E-state index contributed by atoms with van der Waals surface area (Å²) in [4.78, 5) is 0. The molecule has 1 N–H and O–H groups in total. The van der Waals surface area contributed by atoms with Gasteiger partial charge in [-0.15, -0.1) is 0 Å². The lowest BCUT2D eigenvalue weighted by Crippen LogP contribution is -2.42. The van der Waals surface area contributed by atoms with Crippen molar-refractivity contribution in [3.63, 3.8) is 0 Å². The van der Waals surface area contributed by atoms with Crippen molar-refractivity contribution in [3.05, 3.63) is 23.7 Å². The first-order valence-corrected chi connectivity index (χ1v) is 7.20. The summed E-state index contributed by atoms with van der Waals surface area (Å²) in [6, 6.07) is 5.07. The van der Waals surface area contributed by atoms with E-state index in [1.807, 2.05) is 13.0 Å². The zero-order valence-electron chi connectivity index (χ0n) is 12.4. The summed E-state index contributed by atoms with van der Waals surface area (Å²) in [6.07, 6.45) is 3.91. The Bertz CT molecular complexity index is 394. The first kappa shape index (κ1) is 13.7. The summed E-state index contributed by atoms with van der Waals surface area (Å²) < 4.78 is 5.70. The van der Waals surface area contributed by atoms with Crippen LogP contribution in [0.25, 0.3) is 0 Å². The minimum atomic E-state index is 0.312. The van der Waals surface area contributed by atoms with Gasteiger partial charge in [0.15, 0.2) is 0 Å². The lowest BCUT2D eigenvalue weighted by atomic mass is 9.70. The largest absolute Gasteiger partial charge is 0.465 e. The van der Waals surface area contributed by atoms with E-state index in [1.54, 1.807) is 0 Å². The lowest BCUT2D eigenvalue weighted by Gasteiger charge is -2.40. The van der Waals surface area contributed by atoms with Crippen molar-refractivity contribution in [1.29, 1.82) is 0 Å². The van der Waals surface area contributed by atoms with E-state index < -0.39 is 0 Å². The van der Waals surface area contributed by atoms with Gasteiger partial charge in [-0.05, 0) is 56.6 Å². The highest BCUT2D eigenvalue weighted by Gasteiger charge is 2.33. The molecule has 102 valence electrons. The number of nitrogens with one attached hydrogen (secondary N) is 1. The summed E-state index contributed by atoms with van der Waals surface area (Å²) in [5.41, 5.74) is 0.516. The number of hydrogen-bond donors (Lipinski definition) is 1. The monoisotopic (exact) mass is 249 g/mol. The van der Waals surface area contributed by atoms with Crippen molar-refractivity contribution in [3.8, 4) is 0 Å². The van der Waals surface area contributed by atoms with E-state index in [0.29, 0.717) is 17.5 Å². The Kier molecular flexibility index (Phi) is 3.86. The molecule has 18 heavy (non-hydrogen) atoms. The molecule has 1 heterocycles. The molecule has 0 bridgehead atoms. The maximum Gasteiger partial charge on any atom is 0.120 e. The topological polar surface area (TPSA) is 25.2 Å². The SMILES string of the molecule is Cc1ccc(C(C)NC2CCC(C)(C)CC2C)o1. The maximum absolute atomic E-state index is 5.70. The number of hydrogen-bond acceptors (Lipinski definition) is 2. The van der Waals surface area contributed by atoms with Gasteiger partial charge in [-0.25, -0.2) is 0 Å². The molecule has 0 saturated heterocycles. The van der Waals surface area contributed by atoms with Gasteiger partial charge in [-0.3, -0.25) is 0 Å². The third kappa shape index (κ3) is 3.17. The van der Waals surface area contributed by atoms with E-state index in [2.05, 4.69) is 39.1 Å². The molecule has 0 aromatic carbocycles. The molecule has 1 aliphatic rings. The molecule has 2 heteroatoms. The third-order valence-electron chi connectivity index (χ3n) is 4.35. The minimum absolute atomic E-state index is 0.312. The lowest BCUT2D eigenvalue weighted by molar-refractivity contribution is 0.140. The van der Waals surface area contributed by atoms with E-state index in [9.17, 15) is 0 Å². The highest BCUT2D eigenvalue weighted by Crippen LogP contribution is 2.39. The Balaban J connectivity index is 1.94. The van der Waals surface area contributed by atoms with Crippen molar-refractivity contribution in [2.75, 3.05) is 0 Å². The molecule has 0 amide bonds. The average Bonchev–Trinajstić information content (AvgIpc) is 2.68. The Morgan fingerprint density at radius 1 is 1.39 bits per heavy atom. The Morgan fingerprint density at radius 2 is 2.11 bits per heavy atom. The van der Waals surface area contributed by atoms with Gasteiger partial charge >= 0.3 is 0 Å². The fraction of sp³-hybridized carbons (Fsp3) is 0.750. The van der Waals surface area contributed by atoms with Crippen LogP contribution in [0.3, 0.4) is 0 Å². The number of furan rings is 1. The van der Waals surface area contributed by atoms with Crippen LogP contribution in [0.5, 0.6) is 0 Å². The molecule has 2 rings (SSSR count). The van der Waals surface area contributed by atoms with E-state index in [-0.39, 0.29) is 0 Å². The molecular formula is C16H27NO. The molecule has 0 aliphatic heterocycles. The highest BCUT2D eigenvalue weighted by molar-refractivity contribution is 5.09. The fourth-order valence-corrected chi connectivity index (χ4v) is 3.28. The van der Waals surface area contributed by atoms with Gasteiger partial charge in [0.05, 0.1) is 6.04 Å². The molecule has 0 radical (unpaired) electrons. The molecule has 0 spiro atoms. The standard InChI is InChI=1S/C16H27NO/c1-11-10-16(4,5)9-8-14(11)17-13(3)15-7-6-12(2)18-15/h6-7,11,13-14,17H,8-10H2,1-5H3. The summed E-state index contributed by atoms with van der Waals surface area (Å²) in [5, 5.41) is 3.74. The van der Waals surface area contributed by atoms with Crippen LogP contribution in [-0.2, 0) is 0 Å². The molecule has 1 saturated carbocycles. The van der Waals surface area contributed by atoms with Gasteiger partial charge in [0.25, 0.3) is 0 Å². The number of rotatable bonds is 3. The molecule has 2 nitrogen and oxygen atoms in total. The van der Waals surface area contributed by atoms with Crippen molar-refractivity contribution in [2.24, 2.45) is 11.3 Å². The highest BCUT2D eigenvalue weighted by atomic mass is 16.3. The molecule has 1 aliphatic carbocycles. The van der Waals surface area contributed by atoms with E-state index in [1.165, 1.54) is 19.3 Å². The zero-order valence-corrected chi connectivity index (χ0v) is 12.4. The molecule has 3 unspecified atom stereocenters. The Morgan fingerprint density at radius 3 is 2.67 bits per heavy atom. The van der Waals surface area contributed by atoms with Crippen molar-refractivity contribution >= 4 is 0 Å². The van der Waals surface area contributed by atoms with Crippen LogP contribution in [0.1, 0.15) is 64.5 Å². The van der Waals surface area contributed by atoms with E-state index >= 15 is 0 Å². The molecule has 1 aromatic heterocycles. The van der Waals surface area contributed by atoms with Crippen molar-refractivity contribution < 1.29 is 4.42 Å². The summed E-state index contributed by atoms with van der Waals surface area (Å²) in [5.74, 6) is 2.80. The predicted molar refractivity (Wildman–Crippen MR) is 75.6 cm³/mol. The van der Waals surface area contributed by atoms with Gasteiger partial charge in [0.2, 0.25) is 0 Å². The van der Waals surface area contributed by atoms with Crippen LogP contribution in [0, 0.1) is 18.3 Å². The predicted octanol–water partition coefficient (Wildman–Crippen LogP) is 4.45. The first-order valence-electron chi connectivity index (χ1n) is 7.20. The van der Waals surface area contributed by atoms with Crippen LogP contribution in [0.4, 0.5) is 0 Å². The van der Waals surface area contributed by atoms with Gasteiger partial charge < -0.3 is 9.73 Å². The average molecular weight is 249 g/mol. The number of aryl methyl sites for hydroxylation is 1. The van der Waals surface area contributed by atoms with Gasteiger partial charge in [-0.1, -0.05) is 20.8 Å². The quantitative estimate of drug-likeness (QED) is 0.856. The summed E-state index contributed by atoms with van der Waals surface area (Å²) in [7, 11) is 0. The van der Waals surface area contributed by atoms with E-state index in [4.69, 9.17) is 4.42 Å². The van der Waals surface area contributed by atoms with Crippen LogP contribution < -0.4 is 5.32 Å². The second kappa shape index (κ2) is 5.08. The zero-order chi connectivity index (χ0) is 13.3. The van der Waals surface area contributed by atoms with Crippen molar-refractivity contribution in [2.45, 2.75) is 66.0 Å². The molecule has 1 aromatic rings. The molecular weight excluding hydrogens is 222 g/mol. The summed E-state index contributed by atoms with van der Waals surface area (Å²) in [6.45, 7) is 11.4. The molecule has 3 atom stereocenters. The fourth-order valence-electron chi connectivity index (χ4n) is 3.28. The van der Waals surface area contributed by atoms with Crippen LogP contribution in [0.2, 0.25) is 0 Å². The van der Waals surface area contributed by atoms with Crippen LogP contribution in [0.15, 0.2) is 16.5 Å². The van der Waals surface area contributed by atoms with Crippen LogP contribution >= 0.6 is 0 Å². The van der Waals surface area contributed by atoms with Gasteiger partial charge in [-0.2, -0.15) is 0 Å².